The first kappa shape index (κ1) is 7.27. The second-order valence-electron chi connectivity index (χ2n) is 1.69. The van der Waals surface area contributed by atoms with Gasteiger partial charge in [-0.1, -0.05) is 11.8 Å². The van der Waals surface area contributed by atoms with E-state index < -0.39 is 5.91 Å². The fourth-order valence-electron chi connectivity index (χ4n) is 0.496. The summed E-state index contributed by atoms with van der Waals surface area (Å²) in [5.74, 6) is 0.424. The number of nitrogens with zero attached hydrogens (tertiary/aromatic N) is 2. The highest BCUT2D eigenvalue weighted by molar-refractivity contribution is 8.14. The van der Waals surface area contributed by atoms with Crippen molar-refractivity contribution in [3.63, 3.8) is 0 Å². The third-order valence-electron chi connectivity index (χ3n) is 0.859. The summed E-state index contributed by atoms with van der Waals surface area (Å²) >= 11 is 1.50. The van der Waals surface area contributed by atoms with Crippen LogP contribution in [0, 0.1) is 0 Å². The molecule has 0 aromatic heterocycles. The van der Waals surface area contributed by atoms with Gasteiger partial charge in [-0.25, -0.2) is 4.99 Å². The van der Waals surface area contributed by atoms with Crippen molar-refractivity contribution in [2.24, 2.45) is 15.7 Å². The zero-order chi connectivity index (χ0) is 7.40. The van der Waals surface area contributed by atoms with Crippen molar-refractivity contribution in [2.75, 3.05) is 12.3 Å². The Morgan fingerprint density at radius 1 is 2.00 bits per heavy atom. The molecule has 54 valence electrons. The monoisotopic (exact) mass is 157 g/mol. The number of nitrogens with two attached hydrogens (primary N) is 1. The van der Waals surface area contributed by atoms with E-state index in [0.717, 1.165) is 5.75 Å². The first-order valence-corrected chi connectivity index (χ1v) is 3.75. The molecular weight excluding hydrogens is 150 g/mol. The van der Waals surface area contributed by atoms with Gasteiger partial charge in [-0.2, -0.15) is 0 Å². The summed E-state index contributed by atoms with van der Waals surface area (Å²) in [4.78, 5) is 17.9. The summed E-state index contributed by atoms with van der Waals surface area (Å²) in [5.41, 5.74) is 4.86. The van der Waals surface area contributed by atoms with Crippen molar-refractivity contribution in [1.82, 2.24) is 0 Å². The molecule has 1 heterocycles. The molecule has 1 rings (SSSR count). The Bertz CT molecular complexity index is 199. The van der Waals surface area contributed by atoms with Gasteiger partial charge in [0.05, 0.1) is 0 Å². The summed E-state index contributed by atoms with van der Waals surface area (Å²) in [5, 5.41) is 0.652. The Labute approximate surface area is 62.6 Å². The molecule has 1 amide bonds. The number of hydrogen-bond acceptors (Lipinski definition) is 3. The quantitative estimate of drug-likeness (QED) is 0.595. The highest BCUT2D eigenvalue weighted by atomic mass is 32.2. The summed E-state index contributed by atoms with van der Waals surface area (Å²) in [6, 6.07) is 0. The van der Waals surface area contributed by atoms with Crippen molar-refractivity contribution in [1.29, 1.82) is 0 Å². The number of carbonyl (C=O) groups is 1. The second-order valence-corrected chi connectivity index (χ2v) is 2.67. The van der Waals surface area contributed by atoms with Gasteiger partial charge < -0.3 is 5.73 Å². The number of primary amides is 1. The Kier molecular flexibility index (Phi) is 2.44. The Morgan fingerprint density at radius 2 is 2.80 bits per heavy atom. The molecule has 10 heavy (non-hydrogen) atoms. The molecule has 0 bridgehead atoms. The number of amidine groups is 1. The van der Waals surface area contributed by atoms with E-state index in [1.807, 2.05) is 0 Å². The van der Waals surface area contributed by atoms with Gasteiger partial charge in [0.2, 0.25) is 5.91 Å². The van der Waals surface area contributed by atoms with Crippen molar-refractivity contribution < 1.29 is 4.79 Å². The Balaban J connectivity index is 2.39. The van der Waals surface area contributed by atoms with E-state index in [2.05, 4.69) is 9.98 Å². The van der Waals surface area contributed by atoms with Crippen LogP contribution in [0.4, 0.5) is 0 Å². The van der Waals surface area contributed by atoms with Gasteiger partial charge in [0.15, 0.2) is 5.17 Å². The molecule has 0 atom stereocenters. The van der Waals surface area contributed by atoms with Gasteiger partial charge in [-0.05, 0) is 0 Å². The molecule has 0 fully saturated rings. The van der Waals surface area contributed by atoms with Crippen LogP contribution in [0.25, 0.3) is 0 Å². The van der Waals surface area contributed by atoms with Gasteiger partial charge >= 0.3 is 0 Å². The summed E-state index contributed by atoms with van der Waals surface area (Å²) in [7, 11) is 0. The van der Waals surface area contributed by atoms with Gasteiger partial charge in [0.1, 0.15) is 6.54 Å². The molecular formula is C5H7N3OS. The maximum atomic E-state index is 10.2. The van der Waals surface area contributed by atoms with Crippen LogP contribution >= 0.6 is 11.8 Å². The highest BCUT2D eigenvalue weighted by Crippen LogP contribution is 2.09. The lowest BCUT2D eigenvalue weighted by Crippen LogP contribution is -2.14. The molecule has 4 nitrogen and oxygen atoms in total. The van der Waals surface area contributed by atoms with Crippen molar-refractivity contribution in [3.05, 3.63) is 0 Å². The fraction of sp³-hybridized carbons (Fsp3) is 0.400. The minimum atomic E-state index is -0.421. The number of aliphatic imine (C=N–C) groups is 2. The van der Waals surface area contributed by atoms with Crippen molar-refractivity contribution in [3.8, 4) is 0 Å². The highest BCUT2D eigenvalue weighted by Gasteiger charge is 2.02. The van der Waals surface area contributed by atoms with E-state index in [0.29, 0.717) is 5.17 Å². The zero-order valence-electron chi connectivity index (χ0n) is 5.28. The molecule has 1 aliphatic heterocycles. The number of rotatable bonds is 2. The van der Waals surface area contributed by atoms with Gasteiger partial charge in [-0.15, -0.1) is 0 Å². The van der Waals surface area contributed by atoms with E-state index >= 15 is 0 Å². The van der Waals surface area contributed by atoms with E-state index in [-0.39, 0.29) is 6.54 Å². The first-order valence-electron chi connectivity index (χ1n) is 2.77. The summed E-state index contributed by atoms with van der Waals surface area (Å²) in [6.07, 6.45) is 1.75. The molecule has 0 aliphatic carbocycles. The fourth-order valence-corrected chi connectivity index (χ4v) is 1.10. The van der Waals surface area contributed by atoms with Crippen LogP contribution in [-0.2, 0) is 4.79 Å². The van der Waals surface area contributed by atoms with E-state index in [4.69, 9.17) is 5.73 Å². The average molecular weight is 157 g/mol. The van der Waals surface area contributed by atoms with Crippen molar-refractivity contribution in [2.45, 2.75) is 0 Å². The summed E-state index contributed by atoms with van der Waals surface area (Å²) < 4.78 is 0. The SMILES string of the molecule is NC(=O)CN=C1N=CCS1. The molecule has 2 N–H and O–H groups in total. The average Bonchev–Trinajstić information content (AvgIpc) is 2.34. The minimum Gasteiger partial charge on any atom is -0.368 e. The minimum absolute atomic E-state index is 0.0413. The molecule has 0 saturated carbocycles. The van der Waals surface area contributed by atoms with Crippen molar-refractivity contribution >= 4 is 29.1 Å². The van der Waals surface area contributed by atoms with Crippen LogP contribution in [-0.4, -0.2) is 29.6 Å². The van der Waals surface area contributed by atoms with Crippen LogP contribution in [0.2, 0.25) is 0 Å². The van der Waals surface area contributed by atoms with Crippen LogP contribution < -0.4 is 5.73 Å². The first-order chi connectivity index (χ1) is 4.79. The molecule has 0 spiro atoms. The third kappa shape index (κ3) is 2.18. The molecule has 0 radical (unpaired) electrons. The smallest absolute Gasteiger partial charge is 0.239 e. The lowest BCUT2D eigenvalue weighted by atomic mass is 10.6. The number of amides is 1. The number of hydrogen-bond donors (Lipinski definition) is 1. The van der Waals surface area contributed by atoms with Crippen LogP contribution in [0.5, 0.6) is 0 Å². The van der Waals surface area contributed by atoms with Crippen LogP contribution in [0.1, 0.15) is 0 Å². The van der Waals surface area contributed by atoms with Gasteiger partial charge in [0.25, 0.3) is 0 Å². The third-order valence-corrected chi connectivity index (χ3v) is 1.67. The maximum Gasteiger partial charge on any atom is 0.239 e. The molecule has 0 aromatic rings. The maximum absolute atomic E-state index is 10.2. The van der Waals surface area contributed by atoms with Gasteiger partial charge in [-0.3, -0.25) is 9.79 Å². The van der Waals surface area contributed by atoms with Gasteiger partial charge in [0, 0.05) is 12.0 Å². The van der Waals surface area contributed by atoms with E-state index in [1.165, 1.54) is 11.8 Å². The normalized spacial score (nSPS) is 20.2. The number of carbonyl (C=O) groups excluding carboxylic acids is 1. The molecule has 0 aromatic carbocycles. The standard InChI is InChI=1S/C5H7N3OS/c6-4(9)3-8-5-7-1-2-10-5/h1H,2-3H2,(H2,6,9). The summed E-state index contributed by atoms with van der Waals surface area (Å²) in [6.45, 7) is 0.0413. The molecule has 0 unspecified atom stereocenters. The zero-order valence-corrected chi connectivity index (χ0v) is 6.10. The lowest BCUT2D eigenvalue weighted by Gasteiger charge is -1.88. The van der Waals surface area contributed by atoms with E-state index in [1.54, 1.807) is 6.21 Å². The van der Waals surface area contributed by atoms with Crippen LogP contribution in [0.15, 0.2) is 9.98 Å². The van der Waals surface area contributed by atoms with Crippen LogP contribution in [0.3, 0.4) is 0 Å². The number of thioether (sulfide) groups is 1. The second kappa shape index (κ2) is 3.36. The predicted octanol–water partition coefficient (Wildman–Crippen LogP) is -0.355. The largest absolute Gasteiger partial charge is 0.368 e. The predicted molar refractivity (Wildman–Crippen MR) is 42.4 cm³/mol. The molecule has 1 aliphatic rings. The Hall–Kier alpha value is -0.840. The Morgan fingerprint density at radius 3 is 3.30 bits per heavy atom. The molecule has 0 saturated heterocycles. The lowest BCUT2D eigenvalue weighted by molar-refractivity contribution is -0.116. The van der Waals surface area contributed by atoms with E-state index in [9.17, 15) is 4.79 Å². The topological polar surface area (TPSA) is 67.8 Å². The molecule has 5 heteroatoms.